The van der Waals surface area contributed by atoms with E-state index in [1.807, 2.05) is 0 Å². The fourth-order valence-electron chi connectivity index (χ4n) is 0.857. The Morgan fingerprint density at radius 1 is 1.67 bits per heavy atom. The molecule has 12 heavy (non-hydrogen) atoms. The quantitative estimate of drug-likeness (QED) is 0.531. The van der Waals surface area contributed by atoms with Gasteiger partial charge in [-0.05, 0) is 6.92 Å². The lowest BCUT2D eigenvalue weighted by molar-refractivity contribution is 0.223. The summed E-state index contributed by atoms with van der Waals surface area (Å²) in [6.45, 7) is 5.41. The number of carbonyl (C=O) groups is 1. The molecule has 1 aliphatic heterocycles. The second kappa shape index (κ2) is 3.14. The summed E-state index contributed by atoms with van der Waals surface area (Å²) in [6, 6.07) is -0.179. The molecule has 1 heterocycles. The van der Waals surface area contributed by atoms with Crippen molar-refractivity contribution in [3.05, 3.63) is 24.0 Å². The minimum Gasteiger partial charge on any atom is -0.307 e. The smallest absolute Gasteiger partial charge is 0.307 e. The van der Waals surface area contributed by atoms with Gasteiger partial charge in [0.15, 0.2) is 0 Å². The number of urea groups is 1. The Morgan fingerprint density at radius 2 is 2.33 bits per heavy atom. The number of nitrogens with zero attached hydrogens (tertiary/aromatic N) is 1. The van der Waals surface area contributed by atoms with Gasteiger partial charge in [-0.25, -0.2) is 4.79 Å². The molecule has 0 unspecified atom stereocenters. The highest BCUT2D eigenvalue weighted by molar-refractivity contribution is 5.80. The maximum absolute atomic E-state index is 11.0. The zero-order valence-corrected chi connectivity index (χ0v) is 7.14. The summed E-state index contributed by atoms with van der Waals surface area (Å²) >= 11 is 0. The van der Waals surface area contributed by atoms with Gasteiger partial charge in [-0.1, -0.05) is 12.5 Å². The monoisotopic (exact) mass is 162 g/mol. The van der Waals surface area contributed by atoms with E-state index in [-0.39, 0.29) is 6.03 Å². The van der Waals surface area contributed by atoms with Gasteiger partial charge in [0.1, 0.15) is 0 Å². The molecule has 0 aromatic heterocycles. The molecule has 0 spiro atoms. The molecule has 0 fully saturated rings. The van der Waals surface area contributed by atoms with Crippen LogP contribution in [0.25, 0.3) is 0 Å². The molecule has 1 rings (SSSR count). The van der Waals surface area contributed by atoms with Crippen LogP contribution >= 0.6 is 0 Å². The highest BCUT2D eigenvalue weighted by atomic mass is 16.2. The van der Waals surface area contributed by atoms with Gasteiger partial charge in [0, 0.05) is 13.2 Å². The van der Waals surface area contributed by atoms with Crippen LogP contribution in [-0.2, 0) is 0 Å². The molecular formula is C9H10N2O. The van der Waals surface area contributed by atoms with Crippen molar-refractivity contribution in [1.82, 2.24) is 10.2 Å². The van der Waals surface area contributed by atoms with E-state index in [1.54, 1.807) is 20.2 Å². The minimum absolute atomic E-state index is 0.179. The van der Waals surface area contributed by atoms with Gasteiger partial charge < -0.3 is 10.2 Å². The number of rotatable bonds is 0. The van der Waals surface area contributed by atoms with E-state index in [2.05, 4.69) is 23.7 Å². The van der Waals surface area contributed by atoms with Crippen molar-refractivity contribution in [2.24, 2.45) is 0 Å². The molecule has 0 saturated heterocycles. The lowest BCUT2D eigenvalue weighted by atomic mass is 10.2. The Morgan fingerprint density at radius 3 is 2.92 bits per heavy atom. The number of allylic oxidation sites excluding steroid dienone is 1. The fraction of sp³-hybridized carbons (Fsp3) is 0.222. The Bertz CT molecular complexity index is 317. The van der Waals surface area contributed by atoms with Crippen LogP contribution in [0.4, 0.5) is 4.79 Å². The van der Waals surface area contributed by atoms with E-state index in [0.29, 0.717) is 5.70 Å². The van der Waals surface area contributed by atoms with Crippen LogP contribution in [0.1, 0.15) is 6.92 Å². The van der Waals surface area contributed by atoms with Gasteiger partial charge in [-0.15, -0.1) is 5.92 Å². The van der Waals surface area contributed by atoms with Crippen LogP contribution in [-0.4, -0.2) is 18.0 Å². The topological polar surface area (TPSA) is 32.3 Å². The molecule has 0 bridgehead atoms. The number of amides is 2. The van der Waals surface area contributed by atoms with Crippen LogP contribution in [0.15, 0.2) is 24.0 Å². The Hall–Kier alpha value is -1.69. The highest BCUT2D eigenvalue weighted by Crippen LogP contribution is 2.10. The molecule has 0 aliphatic carbocycles. The standard InChI is InChI=1S/C9H10N2O/c1-4-5-8-6-11(3)9(12)10-7(8)2/h6H,2H2,1,3H3,(H,10,12). The molecule has 0 aromatic rings. The predicted molar refractivity (Wildman–Crippen MR) is 47.0 cm³/mol. The van der Waals surface area contributed by atoms with Gasteiger partial charge in [-0.2, -0.15) is 0 Å². The van der Waals surface area contributed by atoms with Gasteiger partial charge in [-0.3, -0.25) is 0 Å². The average molecular weight is 162 g/mol. The normalized spacial score (nSPS) is 16.2. The highest BCUT2D eigenvalue weighted by Gasteiger charge is 2.15. The van der Waals surface area contributed by atoms with E-state index < -0.39 is 0 Å². The number of hydrogen-bond donors (Lipinski definition) is 1. The van der Waals surface area contributed by atoms with Crippen molar-refractivity contribution in [3.8, 4) is 11.8 Å². The van der Waals surface area contributed by atoms with Crippen molar-refractivity contribution in [2.45, 2.75) is 6.92 Å². The third-order valence-corrected chi connectivity index (χ3v) is 1.49. The van der Waals surface area contributed by atoms with Crippen molar-refractivity contribution in [2.75, 3.05) is 7.05 Å². The Labute approximate surface area is 71.7 Å². The van der Waals surface area contributed by atoms with Crippen LogP contribution < -0.4 is 5.32 Å². The first kappa shape index (κ1) is 8.41. The maximum atomic E-state index is 11.0. The summed E-state index contributed by atoms with van der Waals surface area (Å²) < 4.78 is 0. The van der Waals surface area contributed by atoms with Crippen molar-refractivity contribution in [3.63, 3.8) is 0 Å². The molecule has 3 nitrogen and oxygen atoms in total. The maximum Gasteiger partial charge on any atom is 0.325 e. The molecule has 1 N–H and O–H groups in total. The summed E-state index contributed by atoms with van der Waals surface area (Å²) in [4.78, 5) is 12.5. The van der Waals surface area contributed by atoms with Gasteiger partial charge in [0.2, 0.25) is 0 Å². The predicted octanol–water partition coefficient (Wildman–Crippen LogP) is 1.06. The molecule has 62 valence electrons. The second-order valence-electron chi connectivity index (χ2n) is 2.44. The molecule has 0 radical (unpaired) electrons. The lowest BCUT2D eigenvalue weighted by Crippen LogP contribution is -2.37. The lowest BCUT2D eigenvalue weighted by Gasteiger charge is -2.21. The molecule has 1 aliphatic rings. The largest absolute Gasteiger partial charge is 0.325 e. The number of nitrogens with one attached hydrogen (secondary N) is 1. The number of carbonyl (C=O) groups excluding carboxylic acids is 1. The zero-order valence-electron chi connectivity index (χ0n) is 7.14. The molecule has 0 aromatic carbocycles. The van der Waals surface area contributed by atoms with Crippen LogP contribution in [0.3, 0.4) is 0 Å². The van der Waals surface area contributed by atoms with E-state index in [1.165, 1.54) is 4.90 Å². The first-order valence-electron chi connectivity index (χ1n) is 3.53. The Balaban J connectivity index is 2.98. The zero-order chi connectivity index (χ0) is 9.14. The van der Waals surface area contributed by atoms with E-state index in [4.69, 9.17) is 0 Å². The molecule has 0 saturated carbocycles. The first-order valence-corrected chi connectivity index (χ1v) is 3.53. The van der Waals surface area contributed by atoms with Crippen LogP contribution in [0.2, 0.25) is 0 Å². The Kier molecular flexibility index (Phi) is 2.20. The minimum atomic E-state index is -0.179. The van der Waals surface area contributed by atoms with Crippen molar-refractivity contribution in [1.29, 1.82) is 0 Å². The summed E-state index contributed by atoms with van der Waals surface area (Å²) in [7, 11) is 1.67. The van der Waals surface area contributed by atoms with Gasteiger partial charge >= 0.3 is 6.03 Å². The van der Waals surface area contributed by atoms with E-state index in [9.17, 15) is 4.79 Å². The molecule has 0 atom stereocenters. The SMILES string of the molecule is C=C1NC(=O)N(C)C=C1C#CC. The van der Waals surface area contributed by atoms with Gasteiger partial charge in [0.25, 0.3) is 0 Å². The van der Waals surface area contributed by atoms with Crippen molar-refractivity contribution >= 4 is 6.03 Å². The third kappa shape index (κ3) is 1.48. The summed E-state index contributed by atoms with van der Waals surface area (Å²) in [5.41, 5.74) is 1.31. The first-order chi connectivity index (χ1) is 5.65. The van der Waals surface area contributed by atoms with Gasteiger partial charge in [0.05, 0.1) is 11.3 Å². The van der Waals surface area contributed by atoms with E-state index >= 15 is 0 Å². The molecular weight excluding hydrogens is 152 g/mol. The van der Waals surface area contributed by atoms with Crippen LogP contribution in [0.5, 0.6) is 0 Å². The fourth-order valence-corrected chi connectivity index (χ4v) is 0.857. The number of hydrogen-bond acceptors (Lipinski definition) is 1. The average Bonchev–Trinajstić information content (AvgIpc) is 2.01. The third-order valence-electron chi connectivity index (χ3n) is 1.49. The van der Waals surface area contributed by atoms with Crippen LogP contribution in [0, 0.1) is 11.8 Å². The molecule has 3 heteroatoms. The summed E-state index contributed by atoms with van der Waals surface area (Å²) in [6.07, 6.45) is 1.66. The van der Waals surface area contributed by atoms with E-state index in [0.717, 1.165) is 5.57 Å². The summed E-state index contributed by atoms with van der Waals surface area (Å²) in [5, 5.41) is 2.59. The second-order valence-corrected chi connectivity index (χ2v) is 2.44. The summed E-state index contributed by atoms with van der Waals surface area (Å²) in [5.74, 6) is 5.59. The molecule has 2 amide bonds. The van der Waals surface area contributed by atoms with Crippen molar-refractivity contribution < 1.29 is 4.79 Å².